The lowest BCUT2D eigenvalue weighted by atomic mass is 9.85. The standard InChI is InChI=1S/C24H17NO5S2/c1-31-16-10-12-17(13-11-16)32-24(14-6-8-15(9-7-14)25(29)30)20-21(26)18-4-2-3-5-19(18)22(27)23(20)28/h2-13,24,26H,1H3. The van der Waals surface area contributed by atoms with E-state index >= 15 is 0 Å². The molecular weight excluding hydrogens is 446 g/mol. The SMILES string of the molecule is CSc1ccc(SC(C2=C(O)c3ccccc3C(=O)C2=O)c2ccc([N+](=O)[O-])cc2)cc1. The Hall–Kier alpha value is -3.36. The van der Waals surface area contributed by atoms with Crippen LogP contribution in [0.1, 0.15) is 26.7 Å². The van der Waals surface area contributed by atoms with E-state index < -0.39 is 21.7 Å². The van der Waals surface area contributed by atoms with Gasteiger partial charge in [0.15, 0.2) is 0 Å². The monoisotopic (exact) mass is 463 g/mol. The largest absolute Gasteiger partial charge is 0.507 e. The van der Waals surface area contributed by atoms with Crippen LogP contribution in [0.25, 0.3) is 5.76 Å². The Balaban J connectivity index is 1.85. The molecule has 3 aromatic rings. The van der Waals surface area contributed by atoms with Crippen molar-refractivity contribution in [1.82, 2.24) is 0 Å². The van der Waals surface area contributed by atoms with Crippen LogP contribution < -0.4 is 0 Å². The van der Waals surface area contributed by atoms with Crippen LogP contribution in [-0.4, -0.2) is 27.9 Å². The fraction of sp³-hybridized carbons (Fsp3) is 0.0833. The van der Waals surface area contributed by atoms with E-state index in [1.165, 1.54) is 30.0 Å². The predicted octanol–water partition coefficient (Wildman–Crippen LogP) is 5.88. The van der Waals surface area contributed by atoms with E-state index in [-0.39, 0.29) is 22.6 Å². The Morgan fingerprint density at radius 2 is 1.44 bits per heavy atom. The summed E-state index contributed by atoms with van der Waals surface area (Å²) in [6, 6.07) is 19.9. The highest BCUT2D eigenvalue weighted by Gasteiger charge is 2.38. The minimum atomic E-state index is -0.780. The van der Waals surface area contributed by atoms with Crippen molar-refractivity contribution in [2.24, 2.45) is 0 Å². The number of hydrogen-bond donors (Lipinski definition) is 1. The quantitative estimate of drug-likeness (QED) is 0.211. The topological polar surface area (TPSA) is 97.5 Å². The van der Waals surface area contributed by atoms with Crippen molar-refractivity contribution >= 4 is 46.5 Å². The summed E-state index contributed by atoms with van der Waals surface area (Å²) in [7, 11) is 0. The number of carbonyl (C=O) groups is 2. The van der Waals surface area contributed by atoms with Crippen LogP contribution in [0.2, 0.25) is 0 Å². The first-order chi connectivity index (χ1) is 15.4. The first kappa shape index (κ1) is 21.9. The van der Waals surface area contributed by atoms with Gasteiger partial charge in [0.1, 0.15) is 5.76 Å². The Morgan fingerprint density at radius 3 is 2.03 bits per heavy atom. The highest BCUT2D eigenvalue weighted by Crippen LogP contribution is 2.46. The smallest absolute Gasteiger partial charge is 0.269 e. The highest BCUT2D eigenvalue weighted by molar-refractivity contribution is 8.00. The lowest BCUT2D eigenvalue weighted by Crippen LogP contribution is -2.26. The van der Waals surface area contributed by atoms with Gasteiger partial charge in [-0.25, -0.2) is 0 Å². The highest BCUT2D eigenvalue weighted by atomic mass is 32.2. The van der Waals surface area contributed by atoms with Crippen LogP contribution in [0, 0.1) is 10.1 Å². The second-order valence-corrected chi connectivity index (χ2v) is 9.05. The number of aliphatic hydroxyl groups is 1. The maximum Gasteiger partial charge on any atom is 0.269 e. The Bertz CT molecular complexity index is 1250. The molecule has 0 amide bonds. The molecule has 1 aliphatic rings. The number of non-ortho nitro benzene ring substituents is 1. The Kier molecular flexibility index (Phi) is 6.16. The summed E-state index contributed by atoms with van der Waals surface area (Å²) in [6.45, 7) is 0. The molecule has 0 aromatic heterocycles. The van der Waals surface area contributed by atoms with Crippen molar-refractivity contribution in [1.29, 1.82) is 0 Å². The van der Waals surface area contributed by atoms with Crippen molar-refractivity contribution in [2.75, 3.05) is 6.26 Å². The summed E-state index contributed by atoms with van der Waals surface area (Å²) < 4.78 is 0. The Labute approximate surface area is 192 Å². The fourth-order valence-electron chi connectivity index (χ4n) is 3.48. The summed E-state index contributed by atoms with van der Waals surface area (Å²) in [6.07, 6.45) is 1.97. The molecule has 3 aromatic carbocycles. The molecule has 1 N–H and O–H groups in total. The molecule has 32 heavy (non-hydrogen) atoms. The van der Waals surface area contributed by atoms with Crippen LogP contribution in [0.15, 0.2) is 88.2 Å². The van der Waals surface area contributed by atoms with Gasteiger partial charge in [-0.1, -0.05) is 36.4 Å². The predicted molar refractivity (Wildman–Crippen MR) is 125 cm³/mol. The number of fused-ring (bicyclic) bond motifs is 1. The number of carbonyl (C=O) groups excluding carboxylic acids is 2. The second kappa shape index (κ2) is 9.02. The van der Waals surface area contributed by atoms with Gasteiger partial charge >= 0.3 is 0 Å². The van der Waals surface area contributed by atoms with Crippen molar-refractivity contribution in [2.45, 2.75) is 15.0 Å². The van der Waals surface area contributed by atoms with Gasteiger partial charge in [-0.3, -0.25) is 19.7 Å². The van der Waals surface area contributed by atoms with E-state index in [0.717, 1.165) is 9.79 Å². The molecular formula is C24H17NO5S2. The lowest BCUT2D eigenvalue weighted by Gasteiger charge is -2.24. The van der Waals surface area contributed by atoms with E-state index in [9.17, 15) is 24.8 Å². The summed E-state index contributed by atoms with van der Waals surface area (Å²) in [4.78, 5) is 38.3. The first-order valence-electron chi connectivity index (χ1n) is 9.57. The van der Waals surface area contributed by atoms with Gasteiger partial charge in [0.25, 0.3) is 5.69 Å². The molecule has 4 rings (SSSR count). The number of hydrogen-bond acceptors (Lipinski definition) is 7. The van der Waals surface area contributed by atoms with E-state index in [2.05, 4.69) is 0 Å². The van der Waals surface area contributed by atoms with Crippen molar-refractivity contribution < 1.29 is 19.6 Å². The average molecular weight is 464 g/mol. The number of rotatable bonds is 6. The molecule has 0 heterocycles. The minimum absolute atomic E-state index is 0.0264. The van der Waals surface area contributed by atoms with Crippen molar-refractivity contribution in [3.05, 3.63) is 105 Å². The average Bonchev–Trinajstić information content (AvgIpc) is 2.82. The maximum atomic E-state index is 13.1. The fourth-order valence-corrected chi connectivity index (χ4v) is 5.09. The van der Waals surface area contributed by atoms with Crippen LogP contribution in [0.4, 0.5) is 5.69 Å². The van der Waals surface area contributed by atoms with Gasteiger partial charge in [0.05, 0.1) is 15.7 Å². The zero-order valence-corrected chi connectivity index (χ0v) is 18.5. The number of nitrogens with zero attached hydrogens (tertiary/aromatic N) is 1. The lowest BCUT2D eigenvalue weighted by molar-refractivity contribution is -0.384. The number of Topliss-reactive ketones (excluding diaryl/α,β-unsaturated/α-hetero) is 2. The molecule has 0 bridgehead atoms. The molecule has 6 nitrogen and oxygen atoms in total. The van der Waals surface area contributed by atoms with Crippen LogP contribution in [0.3, 0.4) is 0 Å². The van der Waals surface area contributed by atoms with Gasteiger partial charge in [-0.05, 0) is 36.1 Å². The first-order valence-corrected chi connectivity index (χ1v) is 11.7. The minimum Gasteiger partial charge on any atom is -0.507 e. The van der Waals surface area contributed by atoms with Gasteiger partial charge in [-0.2, -0.15) is 0 Å². The number of thioether (sulfide) groups is 2. The molecule has 0 saturated heterocycles. The molecule has 0 aliphatic heterocycles. The van der Waals surface area contributed by atoms with Gasteiger partial charge in [0, 0.05) is 33.1 Å². The number of nitro groups is 1. The number of nitro benzene ring substituents is 1. The molecule has 1 atom stereocenters. The molecule has 1 unspecified atom stereocenters. The molecule has 0 spiro atoms. The van der Waals surface area contributed by atoms with Gasteiger partial charge < -0.3 is 5.11 Å². The van der Waals surface area contributed by atoms with Crippen LogP contribution >= 0.6 is 23.5 Å². The third kappa shape index (κ3) is 4.06. The third-order valence-electron chi connectivity index (χ3n) is 5.11. The number of benzene rings is 3. The summed E-state index contributed by atoms with van der Waals surface area (Å²) in [5, 5.41) is 21.4. The number of ketones is 2. The second-order valence-electron chi connectivity index (χ2n) is 6.99. The van der Waals surface area contributed by atoms with Crippen LogP contribution in [0.5, 0.6) is 0 Å². The maximum absolute atomic E-state index is 13.1. The third-order valence-corrected chi connectivity index (χ3v) is 7.15. The van der Waals surface area contributed by atoms with E-state index in [1.807, 2.05) is 30.5 Å². The molecule has 1 aliphatic carbocycles. The number of aliphatic hydroxyl groups excluding tert-OH is 1. The van der Waals surface area contributed by atoms with Crippen molar-refractivity contribution in [3.63, 3.8) is 0 Å². The zero-order chi connectivity index (χ0) is 22.8. The normalized spacial score (nSPS) is 14.3. The molecule has 0 fully saturated rings. The Morgan fingerprint density at radius 1 is 0.844 bits per heavy atom. The van der Waals surface area contributed by atoms with Gasteiger partial charge in [0.2, 0.25) is 11.6 Å². The van der Waals surface area contributed by atoms with E-state index in [1.54, 1.807) is 42.1 Å². The molecule has 160 valence electrons. The summed E-state index contributed by atoms with van der Waals surface area (Å²) >= 11 is 2.89. The van der Waals surface area contributed by atoms with E-state index in [4.69, 9.17) is 0 Å². The van der Waals surface area contributed by atoms with E-state index in [0.29, 0.717) is 11.1 Å². The zero-order valence-electron chi connectivity index (χ0n) is 16.8. The van der Waals surface area contributed by atoms with Crippen molar-refractivity contribution in [3.8, 4) is 0 Å². The summed E-state index contributed by atoms with van der Waals surface area (Å²) in [5.74, 6) is -1.71. The molecule has 8 heteroatoms. The van der Waals surface area contributed by atoms with Crippen LogP contribution in [-0.2, 0) is 4.79 Å². The molecule has 0 saturated carbocycles. The summed E-state index contributed by atoms with van der Waals surface area (Å²) in [5.41, 5.74) is 0.919. The molecule has 0 radical (unpaired) electrons. The van der Waals surface area contributed by atoms with Gasteiger partial charge in [-0.15, -0.1) is 23.5 Å².